The summed E-state index contributed by atoms with van der Waals surface area (Å²) in [5, 5.41) is 10.7. The lowest BCUT2D eigenvalue weighted by atomic mass is 10.4. The molecule has 0 bridgehead atoms. The van der Waals surface area contributed by atoms with E-state index in [-0.39, 0.29) is 17.4 Å². The molecule has 0 unspecified atom stereocenters. The van der Waals surface area contributed by atoms with Crippen LogP contribution < -0.4 is 5.73 Å². The van der Waals surface area contributed by atoms with Crippen molar-refractivity contribution in [3.05, 3.63) is 5.82 Å². The molecular weight excluding hydrogens is 214 g/mol. The summed E-state index contributed by atoms with van der Waals surface area (Å²) in [4.78, 5) is 4.09. The Labute approximate surface area is 90.7 Å². The van der Waals surface area contributed by atoms with Crippen LogP contribution in [0.25, 0.3) is 11.6 Å². The summed E-state index contributed by atoms with van der Waals surface area (Å²) >= 11 is 0. The summed E-state index contributed by atoms with van der Waals surface area (Å²) in [6.45, 7) is 3.12. The molecule has 2 aromatic heterocycles. The first-order valence-corrected chi connectivity index (χ1v) is 4.80. The number of nitrogens with two attached hydrogens (primary N) is 1. The van der Waals surface area contributed by atoms with Crippen molar-refractivity contribution in [2.24, 2.45) is 0 Å². The monoisotopic (exact) mass is 225 g/mol. The smallest absolute Gasteiger partial charge is 0.284 e. The molecule has 0 spiro atoms. The summed E-state index contributed by atoms with van der Waals surface area (Å²) in [6.07, 6.45) is 0.572. The van der Waals surface area contributed by atoms with Gasteiger partial charge in [0.05, 0.1) is 6.61 Å². The highest BCUT2D eigenvalue weighted by molar-refractivity contribution is 5.60. The lowest BCUT2D eigenvalue weighted by molar-refractivity contribution is 0.149. The normalized spacial score (nSPS) is 10.8. The van der Waals surface area contributed by atoms with E-state index in [1.807, 2.05) is 6.92 Å². The highest BCUT2D eigenvalue weighted by Crippen LogP contribution is 2.19. The van der Waals surface area contributed by atoms with Crippen LogP contribution in [0.2, 0.25) is 0 Å². The van der Waals surface area contributed by atoms with E-state index >= 15 is 0 Å². The summed E-state index contributed by atoms with van der Waals surface area (Å²) in [5.41, 5.74) is 5.74. The molecule has 16 heavy (non-hydrogen) atoms. The average Bonchev–Trinajstić information content (AvgIpc) is 2.87. The molecule has 0 aromatic carbocycles. The molecule has 0 saturated heterocycles. The van der Waals surface area contributed by atoms with Crippen molar-refractivity contribution in [2.45, 2.75) is 13.3 Å². The van der Waals surface area contributed by atoms with E-state index in [1.165, 1.54) is 0 Å². The van der Waals surface area contributed by atoms with Crippen LogP contribution >= 0.6 is 0 Å². The van der Waals surface area contributed by atoms with Crippen molar-refractivity contribution < 1.29 is 13.9 Å². The second kappa shape index (κ2) is 4.71. The third-order valence-corrected chi connectivity index (χ3v) is 1.86. The van der Waals surface area contributed by atoms with Crippen molar-refractivity contribution in [3.63, 3.8) is 0 Å². The van der Waals surface area contributed by atoms with Gasteiger partial charge in [-0.3, -0.25) is 0 Å². The van der Waals surface area contributed by atoms with Crippen LogP contribution in [-0.4, -0.2) is 33.7 Å². The van der Waals surface area contributed by atoms with Gasteiger partial charge in [-0.2, -0.15) is 4.98 Å². The number of hydrogen-bond donors (Lipinski definition) is 1. The first-order chi connectivity index (χ1) is 7.81. The molecule has 0 aliphatic rings. The summed E-state index contributed by atoms with van der Waals surface area (Å²) < 4.78 is 14.6. The zero-order chi connectivity index (χ0) is 11.4. The maximum Gasteiger partial charge on any atom is 0.284 e. The Hall–Kier alpha value is -1.96. The van der Waals surface area contributed by atoms with E-state index < -0.39 is 0 Å². The Morgan fingerprint density at radius 3 is 2.88 bits per heavy atom. The van der Waals surface area contributed by atoms with Gasteiger partial charge in [0, 0.05) is 13.0 Å². The summed E-state index contributed by atoms with van der Waals surface area (Å²) in [6, 6.07) is 0. The predicted molar refractivity (Wildman–Crippen MR) is 52.2 cm³/mol. The van der Waals surface area contributed by atoms with Crippen LogP contribution in [0.15, 0.2) is 9.15 Å². The molecule has 0 aliphatic carbocycles. The lowest BCUT2D eigenvalue weighted by Crippen LogP contribution is -1.99. The van der Waals surface area contributed by atoms with Crippen LogP contribution in [0.3, 0.4) is 0 Å². The highest BCUT2D eigenvalue weighted by atomic mass is 16.6. The van der Waals surface area contributed by atoms with Gasteiger partial charge in [-0.1, -0.05) is 5.16 Å². The molecule has 8 nitrogen and oxygen atoms in total. The SMILES string of the molecule is CCOCCc1noc(-c2nonc2N)n1. The van der Waals surface area contributed by atoms with Crippen molar-refractivity contribution in [3.8, 4) is 11.6 Å². The Morgan fingerprint density at radius 1 is 1.31 bits per heavy atom. The molecule has 2 aromatic rings. The molecular formula is C8H11N5O3. The molecule has 0 amide bonds. The Bertz CT molecular complexity index is 452. The fraction of sp³-hybridized carbons (Fsp3) is 0.500. The number of nitrogens with zero attached hydrogens (tertiary/aromatic N) is 4. The lowest BCUT2D eigenvalue weighted by Gasteiger charge is -1.94. The van der Waals surface area contributed by atoms with E-state index in [1.54, 1.807) is 0 Å². The molecule has 0 radical (unpaired) electrons. The van der Waals surface area contributed by atoms with E-state index in [0.29, 0.717) is 25.5 Å². The summed E-state index contributed by atoms with van der Waals surface area (Å²) in [7, 11) is 0. The molecule has 2 N–H and O–H groups in total. The minimum atomic E-state index is 0.125. The van der Waals surface area contributed by atoms with Crippen LogP contribution in [0.4, 0.5) is 5.82 Å². The Kier molecular flexibility index (Phi) is 3.10. The average molecular weight is 225 g/mol. The van der Waals surface area contributed by atoms with E-state index in [0.717, 1.165) is 0 Å². The van der Waals surface area contributed by atoms with Gasteiger partial charge in [-0.25, -0.2) is 4.63 Å². The Balaban J connectivity index is 2.05. The maximum atomic E-state index is 5.48. The molecule has 0 fully saturated rings. The van der Waals surface area contributed by atoms with Crippen LogP contribution in [0, 0.1) is 0 Å². The van der Waals surface area contributed by atoms with E-state index in [4.69, 9.17) is 15.0 Å². The van der Waals surface area contributed by atoms with Crippen LogP contribution in [0.1, 0.15) is 12.7 Å². The number of rotatable bonds is 5. The molecule has 0 aliphatic heterocycles. The van der Waals surface area contributed by atoms with E-state index in [9.17, 15) is 0 Å². The van der Waals surface area contributed by atoms with Crippen LogP contribution in [0.5, 0.6) is 0 Å². The summed E-state index contributed by atoms with van der Waals surface area (Å²) in [5.74, 6) is 0.858. The quantitative estimate of drug-likeness (QED) is 0.722. The number of hydrogen-bond acceptors (Lipinski definition) is 8. The Morgan fingerprint density at radius 2 is 2.19 bits per heavy atom. The van der Waals surface area contributed by atoms with Crippen molar-refractivity contribution in [1.82, 2.24) is 20.5 Å². The van der Waals surface area contributed by atoms with Gasteiger partial charge in [0.2, 0.25) is 11.5 Å². The fourth-order valence-corrected chi connectivity index (χ4v) is 1.10. The zero-order valence-corrected chi connectivity index (χ0v) is 8.71. The van der Waals surface area contributed by atoms with Gasteiger partial charge < -0.3 is 15.0 Å². The van der Waals surface area contributed by atoms with Gasteiger partial charge in [-0.15, -0.1) is 0 Å². The third-order valence-electron chi connectivity index (χ3n) is 1.86. The van der Waals surface area contributed by atoms with Crippen molar-refractivity contribution >= 4 is 5.82 Å². The number of aromatic nitrogens is 4. The largest absolute Gasteiger partial charge is 0.381 e. The second-order valence-electron chi connectivity index (χ2n) is 2.96. The van der Waals surface area contributed by atoms with Crippen LogP contribution in [-0.2, 0) is 11.2 Å². The predicted octanol–water partition coefficient (Wildman–Crippen LogP) is 0.281. The standard InChI is InChI=1S/C8H11N5O3/c1-2-14-4-3-5-10-8(15-11-5)6-7(9)13-16-12-6/h2-4H2,1H3,(H2,9,13). The van der Waals surface area contributed by atoms with Gasteiger partial charge in [-0.05, 0) is 17.2 Å². The minimum Gasteiger partial charge on any atom is -0.381 e. The van der Waals surface area contributed by atoms with Gasteiger partial charge in [0.1, 0.15) is 0 Å². The molecule has 0 saturated carbocycles. The third kappa shape index (κ3) is 2.16. The van der Waals surface area contributed by atoms with Gasteiger partial charge in [0.15, 0.2) is 5.82 Å². The molecule has 0 atom stereocenters. The maximum absolute atomic E-state index is 5.48. The minimum absolute atomic E-state index is 0.125. The number of ether oxygens (including phenoxy) is 1. The van der Waals surface area contributed by atoms with Gasteiger partial charge >= 0.3 is 0 Å². The number of anilines is 1. The second-order valence-corrected chi connectivity index (χ2v) is 2.96. The topological polar surface area (TPSA) is 113 Å². The molecule has 8 heteroatoms. The fourth-order valence-electron chi connectivity index (χ4n) is 1.10. The van der Waals surface area contributed by atoms with E-state index in [2.05, 4.69) is 25.1 Å². The van der Waals surface area contributed by atoms with Crippen molar-refractivity contribution in [1.29, 1.82) is 0 Å². The van der Waals surface area contributed by atoms with Crippen molar-refractivity contribution in [2.75, 3.05) is 18.9 Å². The molecule has 86 valence electrons. The van der Waals surface area contributed by atoms with Gasteiger partial charge in [0.25, 0.3) is 5.89 Å². The first kappa shape index (κ1) is 10.6. The highest BCUT2D eigenvalue weighted by Gasteiger charge is 2.16. The zero-order valence-electron chi connectivity index (χ0n) is 8.71. The molecule has 2 rings (SSSR count). The first-order valence-electron chi connectivity index (χ1n) is 4.80. The number of nitrogen functional groups attached to an aromatic ring is 1. The molecule has 2 heterocycles.